The maximum atomic E-state index is 11.0. The van der Waals surface area contributed by atoms with Gasteiger partial charge in [0.05, 0.1) is 7.11 Å². The van der Waals surface area contributed by atoms with Crippen molar-refractivity contribution >= 4 is 5.97 Å². The van der Waals surface area contributed by atoms with Crippen LogP contribution in [0.4, 0.5) is 0 Å². The van der Waals surface area contributed by atoms with Crippen molar-refractivity contribution in [2.45, 2.75) is 39.7 Å². The Morgan fingerprint density at radius 1 is 1.38 bits per heavy atom. The fraction of sp³-hybridized carbons (Fsp3) is 0.900. The van der Waals surface area contributed by atoms with E-state index in [1.165, 1.54) is 7.11 Å². The molecule has 0 spiro atoms. The van der Waals surface area contributed by atoms with Gasteiger partial charge in [-0.1, -0.05) is 26.7 Å². The molecule has 0 amide bonds. The lowest BCUT2D eigenvalue weighted by molar-refractivity contribution is -0.142. The molecule has 3 nitrogen and oxygen atoms in total. The topological polar surface area (TPSA) is 38.3 Å². The minimum Gasteiger partial charge on any atom is -0.468 e. The van der Waals surface area contributed by atoms with Crippen molar-refractivity contribution in [1.82, 2.24) is 5.32 Å². The van der Waals surface area contributed by atoms with Crippen molar-refractivity contribution < 1.29 is 9.53 Å². The Hall–Kier alpha value is -0.570. The summed E-state index contributed by atoms with van der Waals surface area (Å²) in [7, 11) is 1.41. The van der Waals surface area contributed by atoms with E-state index in [4.69, 9.17) is 0 Å². The molecule has 1 atom stereocenters. The number of methoxy groups -OCH3 is 1. The molecule has 0 unspecified atom stereocenters. The molecule has 78 valence electrons. The second-order valence-corrected chi connectivity index (χ2v) is 3.34. The molecule has 0 rings (SSSR count). The second-order valence-electron chi connectivity index (χ2n) is 3.34. The van der Waals surface area contributed by atoms with Gasteiger partial charge in [-0.25, -0.2) is 0 Å². The average Bonchev–Trinajstić information content (AvgIpc) is 2.17. The smallest absolute Gasteiger partial charge is 0.322 e. The average molecular weight is 187 g/mol. The Morgan fingerprint density at radius 2 is 1.92 bits per heavy atom. The number of nitrogens with one attached hydrogen (secondary N) is 1. The van der Waals surface area contributed by atoms with Gasteiger partial charge in [-0.3, -0.25) is 4.79 Å². The molecule has 0 aromatic heterocycles. The zero-order chi connectivity index (χ0) is 10.3. The quantitative estimate of drug-likeness (QED) is 0.641. The number of esters is 1. The monoisotopic (exact) mass is 187 g/mol. The fourth-order valence-electron chi connectivity index (χ4n) is 1.18. The van der Waals surface area contributed by atoms with E-state index in [1.807, 2.05) is 6.92 Å². The molecule has 0 bridgehead atoms. The summed E-state index contributed by atoms with van der Waals surface area (Å²) >= 11 is 0. The highest BCUT2D eigenvalue weighted by atomic mass is 16.5. The molecule has 0 aromatic rings. The maximum absolute atomic E-state index is 11.0. The van der Waals surface area contributed by atoms with Gasteiger partial charge in [0.1, 0.15) is 6.04 Å². The van der Waals surface area contributed by atoms with E-state index in [-0.39, 0.29) is 12.0 Å². The Bertz CT molecular complexity index is 144. The van der Waals surface area contributed by atoms with E-state index in [0.29, 0.717) is 5.92 Å². The first kappa shape index (κ1) is 12.4. The molecule has 0 saturated heterocycles. The number of carbonyl (C=O) groups is 1. The third-order valence-corrected chi connectivity index (χ3v) is 2.42. The summed E-state index contributed by atoms with van der Waals surface area (Å²) in [5.41, 5.74) is 0. The van der Waals surface area contributed by atoms with Crippen LogP contribution in [0.5, 0.6) is 0 Å². The zero-order valence-electron chi connectivity index (χ0n) is 9.09. The highest BCUT2D eigenvalue weighted by Gasteiger charge is 2.13. The van der Waals surface area contributed by atoms with Gasteiger partial charge in [0.25, 0.3) is 0 Å². The largest absolute Gasteiger partial charge is 0.468 e. The Kier molecular flexibility index (Phi) is 6.59. The van der Waals surface area contributed by atoms with Crippen molar-refractivity contribution in [3.8, 4) is 0 Å². The summed E-state index contributed by atoms with van der Waals surface area (Å²) in [6.07, 6.45) is 2.30. The van der Waals surface area contributed by atoms with Crippen molar-refractivity contribution in [2.24, 2.45) is 5.92 Å². The van der Waals surface area contributed by atoms with Crippen molar-refractivity contribution in [3.05, 3.63) is 0 Å². The molecule has 0 radical (unpaired) electrons. The SMILES string of the molecule is CCC(CC)CN[C@@H](C)C(=O)OC. The zero-order valence-corrected chi connectivity index (χ0v) is 9.09. The van der Waals surface area contributed by atoms with Gasteiger partial charge in [0.2, 0.25) is 0 Å². The minimum absolute atomic E-state index is 0.189. The minimum atomic E-state index is -0.189. The summed E-state index contributed by atoms with van der Waals surface area (Å²) in [4.78, 5) is 11.0. The first-order chi connectivity index (χ1) is 6.15. The third kappa shape index (κ3) is 4.88. The molecular formula is C10H21NO2. The third-order valence-electron chi connectivity index (χ3n) is 2.42. The molecule has 3 heteroatoms. The molecule has 0 aliphatic rings. The van der Waals surface area contributed by atoms with Crippen LogP contribution in [0.3, 0.4) is 0 Å². The summed E-state index contributed by atoms with van der Waals surface area (Å²) in [6, 6.07) is -0.189. The lowest BCUT2D eigenvalue weighted by Gasteiger charge is -2.16. The van der Waals surface area contributed by atoms with Crippen LogP contribution < -0.4 is 5.32 Å². The lowest BCUT2D eigenvalue weighted by atomic mass is 10.0. The number of rotatable bonds is 6. The van der Waals surface area contributed by atoms with Crippen LogP contribution in [0.2, 0.25) is 0 Å². The Morgan fingerprint density at radius 3 is 2.31 bits per heavy atom. The molecule has 13 heavy (non-hydrogen) atoms. The highest BCUT2D eigenvalue weighted by Crippen LogP contribution is 2.05. The van der Waals surface area contributed by atoms with Gasteiger partial charge in [-0.2, -0.15) is 0 Å². The number of hydrogen-bond acceptors (Lipinski definition) is 3. The molecular weight excluding hydrogens is 166 g/mol. The van der Waals surface area contributed by atoms with E-state index >= 15 is 0 Å². The molecule has 0 aliphatic carbocycles. The van der Waals surface area contributed by atoms with Crippen molar-refractivity contribution in [3.63, 3.8) is 0 Å². The predicted octanol–water partition coefficient (Wildman–Crippen LogP) is 1.57. The van der Waals surface area contributed by atoms with Crippen LogP contribution in [-0.2, 0) is 9.53 Å². The Labute approximate surface area is 80.8 Å². The standard InChI is InChI=1S/C10H21NO2/c1-5-9(6-2)7-11-8(3)10(12)13-4/h8-9,11H,5-7H2,1-4H3/t8-/m0/s1. The highest BCUT2D eigenvalue weighted by molar-refractivity contribution is 5.75. The van der Waals surface area contributed by atoms with E-state index in [0.717, 1.165) is 19.4 Å². The van der Waals surface area contributed by atoms with Gasteiger partial charge in [-0.05, 0) is 19.4 Å². The fourth-order valence-corrected chi connectivity index (χ4v) is 1.18. The maximum Gasteiger partial charge on any atom is 0.322 e. The second kappa shape index (κ2) is 6.89. The molecule has 0 heterocycles. The molecule has 0 fully saturated rings. The van der Waals surface area contributed by atoms with Crippen LogP contribution in [0.25, 0.3) is 0 Å². The summed E-state index contributed by atoms with van der Waals surface area (Å²) in [5, 5.41) is 3.16. The van der Waals surface area contributed by atoms with E-state index in [1.54, 1.807) is 0 Å². The predicted molar refractivity (Wildman–Crippen MR) is 53.6 cm³/mol. The molecule has 0 aromatic carbocycles. The first-order valence-electron chi connectivity index (χ1n) is 4.96. The van der Waals surface area contributed by atoms with Gasteiger partial charge >= 0.3 is 5.97 Å². The van der Waals surface area contributed by atoms with Crippen LogP contribution in [0.1, 0.15) is 33.6 Å². The van der Waals surface area contributed by atoms with E-state index < -0.39 is 0 Å². The van der Waals surface area contributed by atoms with Crippen LogP contribution in [0, 0.1) is 5.92 Å². The van der Waals surface area contributed by atoms with Gasteiger partial charge < -0.3 is 10.1 Å². The van der Waals surface area contributed by atoms with E-state index in [2.05, 4.69) is 23.9 Å². The summed E-state index contributed by atoms with van der Waals surface area (Å²) in [5.74, 6) is 0.470. The van der Waals surface area contributed by atoms with Crippen molar-refractivity contribution in [1.29, 1.82) is 0 Å². The summed E-state index contributed by atoms with van der Waals surface area (Å²) in [6.45, 7) is 7.05. The van der Waals surface area contributed by atoms with E-state index in [9.17, 15) is 4.79 Å². The molecule has 1 N–H and O–H groups in total. The number of hydrogen-bond donors (Lipinski definition) is 1. The lowest BCUT2D eigenvalue weighted by Crippen LogP contribution is -2.37. The number of carbonyl (C=O) groups excluding carboxylic acids is 1. The van der Waals surface area contributed by atoms with Crippen LogP contribution in [-0.4, -0.2) is 25.7 Å². The van der Waals surface area contributed by atoms with Gasteiger partial charge in [-0.15, -0.1) is 0 Å². The van der Waals surface area contributed by atoms with Gasteiger partial charge in [0, 0.05) is 0 Å². The normalized spacial score (nSPS) is 13.0. The van der Waals surface area contributed by atoms with Crippen LogP contribution >= 0.6 is 0 Å². The molecule has 0 saturated carbocycles. The van der Waals surface area contributed by atoms with Crippen LogP contribution in [0.15, 0.2) is 0 Å². The number of ether oxygens (including phenoxy) is 1. The first-order valence-corrected chi connectivity index (χ1v) is 4.96. The summed E-state index contributed by atoms with van der Waals surface area (Å²) < 4.78 is 4.61. The molecule has 0 aliphatic heterocycles. The Balaban J connectivity index is 3.67. The van der Waals surface area contributed by atoms with Crippen molar-refractivity contribution in [2.75, 3.05) is 13.7 Å². The van der Waals surface area contributed by atoms with Gasteiger partial charge in [0.15, 0.2) is 0 Å².